The van der Waals surface area contributed by atoms with Crippen molar-refractivity contribution < 1.29 is 9.64 Å². The first-order chi connectivity index (χ1) is 4.84. The smallest absolute Gasteiger partial charge is 0.101 e. The van der Waals surface area contributed by atoms with E-state index in [9.17, 15) is 0 Å². The fourth-order valence-corrected chi connectivity index (χ4v) is 1.42. The van der Waals surface area contributed by atoms with Crippen molar-refractivity contribution >= 4 is 0 Å². The molecule has 0 aliphatic carbocycles. The van der Waals surface area contributed by atoms with E-state index in [1.807, 2.05) is 0 Å². The van der Waals surface area contributed by atoms with Crippen LogP contribution in [0.1, 0.15) is 20.3 Å². The van der Waals surface area contributed by atoms with E-state index in [2.05, 4.69) is 13.8 Å². The third-order valence-corrected chi connectivity index (χ3v) is 2.44. The Morgan fingerprint density at radius 3 is 2.50 bits per heavy atom. The van der Waals surface area contributed by atoms with Gasteiger partial charge in [-0.2, -0.15) is 0 Å². The Labute approximate surface area is 63.2 Å². The Morgan fingerprint density at radius 2 is 2.00 bits per heavy atom. The Kier molecular flexibility index (Phi) is 3.16. The summed E-state index contributed by atoms with van der Waals surface area (Å²) in [5, 5.41) is 0. The summed E-state index contributed by atoms with van der Waals surface area (Å²) < 4.78 is 5.27. The van der Waals surface area contributed by atoms with Gasteiger partial charge in [-0.1, -0.05) is 6.92 Å². The molecular weight excluding hydrogens is 126 g/mol. The van der Waals surface area contributed by atoms with Crippen molar-refractivity contribution in [3.8, 4) is 0 Å². The Bertz CT molecular complexity index is 89.3. The van der Waals surface area contributed by atoms with Gasteiger partial charge in [0.15, 0.2) is 0 Å². The molecule has 1 aliphatic rings. The summed E-state index contributed by atoms with van der Waals surface area (Å²) in [7, 11) is 0. The average Bonchev–Trinajstić information content (AvgIpc) is 2.05. The second-order valence-electron chi connectivity index (χ2n) is 3.08. The Morgan fingerprint density at radius 1 is 1.40 bits per heavy atom. The van der Waals surface area contributed by atoms with Gasteiger partial charge in [0.2, 0.25) is 0 Å². The lowest BCUT2D eigenvalue weighted by Crippen LogP contribution is -3.17. The molecule has 2 nitrogen and oxygen atoms in total. The van der Waals surface area contributed by atoms with Crippen molar-refractivity contribution in [3.63, 3.8) is 0 Å². The molecule has 0 unspecified atom stereocenters. The number of hydrogen-bond acceptors (Lipinski definition) is 1. The first kappa shape index (κ1) is 8.02. The molecule has 1 saturated heterocycles. The van der Waals surface area contributed by atoms with Gasteiger partial charge < -0.3 is 9.64 Å². The van der Waals surface area contributed by atoms with Crippen molar-refractivity contribution in [1.29, 1.82) is 0 Å². The Hall–Kier alpha value is -0.0800. The molecule has 1 fully saturated rings. The minimum Gasteiger partial charge on any atom is -0.370 e. The highest BCUT2D eigenvalue weighted by atomic mass is 16.5. The van der Waals surface area contributed by atoms with Crippen LogP contribution in [-0.2, 0) is 4.74 Å². The fraction of sp³-hybridized carbons (Fsp3) is 1.00. The summed E-state index contributed by atoms with van der Waals surface area (Å²) in [4.78, 5) is 1.72. The molecule has 0 aromatic carbocycles. The highest BCUT2D eigenvalue weighted by Gasteiger charge is 2.18. The summed E-state index contributed by atoms with van der Waals surface area (Å²) in [6.07, 6.45) is 1.29. The van der Waals surface area contributed by atoms with Crippen LogP contribution in [-0.4, -0.2) is 32.3 Å². The zero-order chi connectivity index (χ0) is 7.40. The monoisotopic (exact) mass is 144 g/mol. The maximum absolute atomic E-state index is 5.27. The standard InChI is InChI=1S/C8H17NO/c1-3-8(2)9-4-6-10-7-5-9/h8H,3-7H2,1-2H3/p+1/t8-/m1/s1. The molecular formula is C8H18NO+. The van der Waals surface area contributed by atoms with E-state index in [1.54, 1.807) is 4.90 Å². The normalized spacial score (nSPS) is 24.6. The van der Waals surface area contributed by atoms with Gasteiger partial charge in [0.1, 0.15) is 13.1 Å². The highest BCUT2D eigenvalue weighted by Crippen LogP contribution is 1.84. The number of morpholine rings is 1. The number of rotatable bonds is 2. The topological polar surface area (TPSA) is 13.7 Å². The molecule has 0 amide bonds. The molecule has 0 bridgehead atoms. The molecule has 60 valence electrons. The minimum absolute atomic E-state index is 0.823. The van der Waals surface area contributed by atoms with Gasteiger partial charge in [0.05, 0.1) is 19.3 Å². The largest absolute Gasteiger partial charge is 0.370 e. The first-order valence-electron chi connectivity index (χ1n) is 4.27. The predicted octanol–water partition coefficient (Wildman–Crippen LogP) is -0.300. The summed E-state index contributed by atoms with van der Waals surface area (Å²) >= 11 is 0. The molecule has 0 aromatic rings. The van der Waals surface area contributed by atoms with Crippen LogP contribution < -0.4 is 4.90 Å². The summed E-state index contributed by atoms with van der Waals surface area (Å²) in [6.45, 7) is 8.90. The van der Waals surface area contributed by atoms with Gasteiger partial charge in [0, 0.05) is 0 Å². The molecule has 1 aliphatic heterocycles. The van der Waals surface area contributed by atoms with Crippen LogP contribution in [0.5, 0.6) is 0 Å². The van der Waals surface area contributed by atoms with Gasteiger partial charge in [0.25, 0.3) is 0 Å². The molecule has 0 spiro atoms. The lowest BCUT2D eigenvalue weighted by molar-refractivity contribution is -0.931. The van der Waals surface area contributed by atoms with E-state index in [0.717, 1.165) is 19.3 Å². The van der Waals surface area contributed by atoms with Crippen LogP contribution in [0.2, 0.25) is 0 Å². The van der Waals surface area contributed by atoms with Crippen LogP contribution in [0.25, 0.3) is 0 Å². The molecule has 1 atom stereocenters. The Balaban J connectivity index is 2.24. The molecule has 1 heterocycles. The van der Waals surface area contributed by atoms with Gasteiger partial charge in [-0.05, 0) is 13.3 Å². The van der Waals surface area contributed by atoms with E-state index in [4.69, 9.17) is 4.74 Å². The van der Waals surface area contributed by atoms with E-state index < -0.39 is 0 Å². The van der Waals surface area contributed by atoms with Crippen molar-refractivity contribution in [2.75, 3.05) is 26.3 Å². The van der Waals surface area contributed by atoms with Gasteiger partial charge >= 0.3 is 0 Å². The van der Waals surface area contributed by atoms with E-state index in [1.165, 1.54) is 19.5 Å². The zero-order valence-electron chi connectivity index (χ0n) is 7.02. The number of hydrogen-bond donors (Lipinski definition) is 1. The first-order valence-corrected chi connectivity index (χ1v) is 4.27. The van der Waals surface area contributed by atoms with Gasteiger partial charge in [-0.15, -0.1) is 0 Å². The van der Waals surface area contributed by atoms with E-state index >= 15 is 0 Å². The summed E-state index contributed by atoms with van der Waals surface area (Å²) in [5.74, 6) is 0. The maximum Gasteiger partial charge on any atom is 0.101 e. The molecule has 0 radical (unpaired) electrons. The highest BCUT2D eigenvalue weighted by molar-refractivity contribution is 4.46. The van der Waals surface area contributed by atoms with Crippen LogP contribution in [0, 0.1) is 0 Å². The SMILES string of the molecule is CC[C@@H](C)[NH+]1CCOCC1. The maximum atomic E-state index is 5.27. The number of ether oxygens (including phenoxy) is 1. The predicted molar refractivity (Wildman–Crippen MR) is 41.3 cm³/mol. The minimum atomic E-state index is 0.823. The van der Waals surface area contributed by atoms with Crippen molar-refractivity contribution in [3.05, 3.63) is 0 Å². The summed E-state index contributed by atoms with van der Waals surface area (Å²) in [6, 6.07) is 0.823. The quantitative estimate of drug-likeness (QED) is 0.562. The third kappa shape index (κ3) is 1.96. The average molecular weight is 144 g/mol. The zero-order valence-corrected chi connectivity index (χ0v) is 7.02. The number of quaternary nitrogens is 1. The second kappa shape index (κ2) is 3.94. The molecule has 2 heteroatoms. The van der Waals surface area contributed by atoms with Gasteiger partial charge in [-0.25, -0.2) is 0 Å². The molecule has 0 saturated carbocycles. The number of nitrogens with one attached hydrogen (secondary N) is 1. The van der Waals surface area contributed by atoms with Crippen molar-refractivity contribution in [1.82, 2.24) is 0 Å². The molecule has 0 aromatic heterocycles. The van der Waals surface area contributed by atoms with Crippen LogP contribution >= 0.6 is 0 Å². The van der Waals surface area contributed by atoms with Crippen LogP contribution in [0.4, 0.5) is 0 Å². The van der Waals surface area contributed by atoms with Crippen molar-refractivity contribution in [2.45, 2.75) is 26.3 Å². The molecule has 1 N–H and O–H groups in total. The van der Waals surface area contributed by atoms with E-state index in [0.29, 0.717) is 0 Å². The lowest BCUT2D eigenvalue weighted by Gasteiger charge is -2.28. The van der Waals surface area contributed by atoms with Crippen LogP contribution in [0.15, 0.2) is 0 Å². The fourth-order valence-electron chi connectivity index (χ4n) is 1.42. The molecule has 10 heavy (non-hydrogen) atoms. The summed E-state index contributed by atoms with van der Waals surface area (Å²) in [5.41, 5.74) is 0. The van der Waals surface area contributed by atoms with Gasteiger partial charge in [-0.3, -0.25) is 0 Å². The van der Waals surface area contributed by atoms with E-state index in [-0.39, 0.29) is 0 Å². The molecule has 1 rings (SSSR count). The third-order valence-electron chi connectivity index (χ3n) is 2.44. The van der Waals surface area contributed by atoms with Crippen molar-refractivity contribution in [2.24, 2.45) is 0 Å². The second-order valence-corrected chi connectivity index (χ2v) is 3.08. The lowest BCUT2D eigenvalue weighted by atomic mass is 10.2. The van der Waals surface area contributed by atoms with Crippen LogP contribution in [0.3, 0.4) is 0 Å².